The van der Waals surface area contributed by atoms with Crippen molar-refractivity contribution in [3.63, 3.8) is 0 Å². The van der Waals surface area contributed by atoms with E-state index in [1.165, 1.54) is 11.8 Å². The van der Waals surface area contributed by atoms with Crippen LogP contribution in [0.1, 0.15) is 5.89 Å². The zero-order valence-electron chi connectivity index (χ0n) is 14.1. The second-order valence-corrected chi connectivity index (χ2v) is 7.12. The molecule has 0 bridgehead atoms. The minimum Gasteiger partial charge on any atom is -0.496 e. The fourth-order valence-electron chi connectivity index (χ4n) is 2.38. The van der Waals surface area contributed by atoms with Crippen LogP contribution >= 0.6 is 27.7 Å². The molecule has 7 nitrogen and oxygen atoms in total. The van der Waals surface area contributed by atoms with E-state index in [1.807, 2.05) is 48.5 Å². The van der Waals surface area contributed by atoms with Crippen LogP contribution in [0.5, 0.6) is 5.75 Å². The number of ether oxygens (including phenoxy) is 1. The molecule has 0 N–H and O–H groups in total. The van der Waals surface area contributed by atoms with Crippen LogP contribution in [0.3, 0.4) is 0 Å². The predicted octanol–water partition coefficient (Wildman–Crippen LogP) is 4.85. The number of rotatable bonds is 6. The Morgan fingerprint density at radius 2 is 1.59 bits per heavy atom. The van der Waals surface area contributed by atoms with Crippen molar-refractivity contribution >= 4 is 27.7 Å². The third-order valence-electron chi connectivity index (χ3n) is 3.63. The van der Waals surface area contributed by atoms with Gasteiger partial charge in [0.15, 0.2) is 0 Å². The van der Waals surface area contributed by atoms with Crippen molar-refractivity contribution in [2.75, 3.05) is 7.11 Å². The molecule has 4 rings (SSSR count). The second kappa shape index (κ2) is 7.93. The van der Waals surface area contributed by atoms with Crippen LogP contribution in [0.15, 0.2) is 67.1 Å². The zero-order valence-corrected chi connectivity index (χ0v) is 16.5. The van der Waals surface area contributed by atoms with Crippen molar-refractivity contribution in [1.82, 2.24) is 20.4 Å². The van der Waals surface area contributed by atoms with Crippen LogP contribution in [0, 0.1) is 0 Å². The lowest BCUT2D eigenvalue weighted by molar-refractivity contribution is 0.411. The number of methoxy groups -OCH3 is 1. The van der Waals surface area contributed by atoms with Gasteiger partial charge in [-0.1, -0.05) is 36.0 Å². The highest BCUT2D eigenvalue weighted by atomic mass is 79.9. The zero-order chi connectivity index (χ0) is 18.6. The van der Waals surface area contributed by atoms with Crippen LogP contribution in [-0.2, 0) is 5.75 Å². The molecule has 2 aromatic carbocycles. The molecule has 2 aromatic heterocycles. The van der Waals surface area contributed by atoms with Gasteiger partial charge in [0, 0.05) is 4.47 Å². The molecule has 9 heteroatoms. The summed E-state index contributed by atoms with van der Waals surface area (Å²) < 4.78 is 17.6. The van der Waals surface area contributed by atoms with E-state index in [9.17, 15) is 0 Å². The SMILES string of the molecule is COc1ccccc1-c1nnc(SCc2nnc(-c3ccccc3Br)o2)o1. The van der Waals surface area contributed by atoms with Crippen molar-refractivity contribution in [2.45, 2.75) is 11.0 Å². The average Bonchev–Trinajstić information content (AvgIpc) is 3.36. The van der Waals surface area contributed by atoms with Gasteiger partial charge in [0.2, 0.25) is 11.8 Å². The Morgan fingerprint density at radius 1 is 0.889 bits per heavy atom. The lowest BCUT2D eigenvalue weighted by Gasteiger charge is -2.03. The van der Waals surface area contributed by atoms with E-state index >= 15 is 0 Å². The lowest BCUT2D eigenvalue weighted by Crippen LogP contribution is -1.87. The molecule has 0 saturated heterocycles. The van der Waals surface area contributed by atoms with Gasteiger partial charge in [-0.15, -0.1) is 20.4 Å². The molecule has 4 aromatic rings. The van der Waals surface area contributed by atoms with Gasteiger partial charge in [0.1, 0.15) is 5.75 Å². The Bertz CT molecular complexity index is 1070. The molecule has 2 heterocycles. The molecule has 0 atom stereocenters. The quantitative estimate of drug-likeness (QED) is 0.390. The number of nitrogens with zero attached hydrogens (tertiary/aromatic N) is 4. The third kappa shape index (κ3) is 3.88. The monoisotopic (exact) mass is 444 g/mol. The molecular formula is C18H13BrN4O3S. The summed E-state index contributed by atoms with van der Waals surface area (Å²) in [5.41, 5.74) is 1.59. The maximum absolute atomic E-state index is 5.72. The summed E-state index contributed by atoms with van der Waals surface area (Å²) >= 11 is 4.80. The van der Waals surface area contributed by atoms with Gasteiger partial charge in [-0.25, -0.2) is 0 Å². The van der Waals surface area contributed by atoms with Crippen molar-refractivity contribution in [2.24, 2.45) is 0 Å². The number of hydrogen-bond donors (Lipinski definition) is 0. The normalized spacial score (nSPS) is 10.9. The molecule has 0 fully saturated rings. The summed E-state index contributed by atoms with van der Waals surface area (Å²) in [6.07, 6.45) is 0. The standard InChI is InChI=1S/C18H13BrN4O3S/c1-24-14-9-5-3-7-12(14)17-22-23-18(26-17)27-10-15-20-21-16(25-15)11-6-2-4-8-13(11)19/h2-9H,10H2,1H3. The van der Waals surface area contributed by atoms with E-state index < -0.39 is 0 Å². The summed E-state index contributed by atoms with van der Waals surface area (Å²) in [5.74, 6) is 2.42. The van der Waals surface area contributed by atoms with E-state index in [0.717, 1.165) is 15.6 Å². The smallest absolute Gasteiger partial charge is 0.277 e. The molecule has 0 saturated carbocycles. The Balaban J connectivity index is 1.46. The van der Waals surface area contributed by atoms with E-state index in [0.29, 0.717) is 34.4 Å². The largest absolute Gasteiger partial charge is 0.496 e. The van der Waals surface area contributed by atoms with E-state index in [4.69, 9.17) is 13.6 Å². The van der Waals surface area contributed by atoms with E-state index in [-0.39, 0.29) is 0 Å². The minimum atomic E-state index is 0.398. The molecule has 0 aliphatic rings. The van der Waals surface area contributed by atoms with Crippen LogP contribution < -0.4 is 4.74 Å². The lowest BCUT2D eigenvalue weighted by atomic mass is 10.2. The van der Waals surface area contributed by atoms with Crippen LogP contribution in [0.25, 0.3) is 22.9 Å². The van der Waals surface area contributed by atoms with Gasteiger partial charge in [0.05, 0.1) is 24.0 Å². The number of hydrogen-bond acceptors (Lipinski definition) is 8. The highest BCUT2D eigenvalue weighted by molar-refractivity contribution is 9.10. The van der Waals surface area contributed by atoms with Gasteiger partial charge in [0.25, 0.3) is 11.1 Å². The van der Waals surface area contributed by atoms with Crippen molar-refractivity contribution in [1.29, 1.82) is 0 Å². The molecule has 0 spiro atoms. The van der Waals surface area contributed by atoms with Crippen LogP contribution in [0.4, 0.5) is 0 Å². The number of benzene rings is 2. The summed E-state index contributed by atoms with van der Waals surface area (Å²) in [6.45, 7) is 0. The van der Waals surface area contributed by atoms with E-state index in [1.54, 1.807) is 7.11 Å². The minimum absolute atomic E-state index is 0.398. The van der Waals surface area contributed by atoms with Crippen LogP contribution in [-0.4, -0.2) is 27.5 Å². The molecule has 136 valence electrons. The highest BCUT2D eigenvalue weighted by Crippen LogP contribution is 2.32. The van der Waals surface area contributed by atoms with Crippen LogP contribution in [0.2, 0.25) is 0 Å². The summed E-state index contributed by atoms with van der Waals surface area (Å²) in [5, 5.41) is 16.7. The van der Waals surface area contributed by atoms with Gasteiger partial charge >= 0.3 is 0 Å². The third-order valence-corrected chi connectivity index (χ3v) is 5.13. The van der Waals surface area contributed by atoms with Gasteiger partial charge in [-0.3, -0.25) is 0 Å². The number of aromatic nitrogens is 4. The second-order valence-electron chi connectivity index (χ2n) is 5.34. The molecule has 0 unspecified atom stereocenters. The molecule has 0 radical (unpaired) electrons. The number of para-hydroxylation sites is 1. The first-order valence-corrected chi connectivity index (χ1v) is 9.69. The number of thioether (sulfide) groups is 1. The molecule has 0 aliphatic carbocycles. The maximum Gasteiger partial charge on any atom is 0.277 e. The summed E-state index contributed by atoms with van der Waals surface area (Å²) in [7, 11) is 1.60. The number of halogens is 1. The molecular weight excluding hydrogens is 432 g/mol. The molecule has 27 heavy (non-hydrogen) atoms. The molecule has 0 aliphatic heterocycles. The fraction of sp³-hybridized carbons (Fsp3) is 0.111. The Morgan fingerprint density at radius 3 is 2.41 bits per heavy atom. The Labute approximate surface area is 167 Å². The van der Waals surface area contributed by atoms with Gasteiger partial charge < -0.3 is 13.6 Å². The van der Waals surface area contributed by atoms with E-state index in [2.05, 4.69) is 36.3 Å². The predicted molar refractivity (Wildman–Crippen MR) is 103 cm³/mol. The highest BCUT2D eigenvalue weighted by Gasteiger charge is 2.15. The van der Waals surface area contributed by atoms with Crippen molar-refractivity contribution < 1.29 is 13.6 Å². The first-order valence-electron chi connectivity index (χ1n) is 7.91. The Hall–Kier alpha value is -2.65. The Kier molecular flexibility index (Phi) is 5.21. The van der Waals surface area contributed by atoms with Gasteiger partial charge in [-0.2, -0.15) is 0 Å². The summed E-state index contributed by atoms with van der Waals surface area (Å²) in [4.78, 5) is 0. The van der Waals surface area contributed by atoms with Gasteiger partial charge in [-0.05, 0) is 40.2 Å². The maximum atomic E-state index is 5.72. The van der Waals surface area contributed by atoms with Crippen molar-refractivity contribution in [3.05, 3.63) is 58.9 Å². The first kappa shape index (κ1) is 17.7. The average molecular weight is 445 g/mol. The van der Waals surface area contributed by atoms with Crippen molar-refractivity contribution in [3.8, 4) is 28.7 Å². The topological polar surface area (TPSA) is 87.1 Å². The molecule has 0 amide bonds. The summed E-state index contributed by atoms with van der Waals surface area (Å²) in [6, 6.07) is 15.1. The fourth-order valence-corrected chi connectivity index (χ4v) is 3.43. The first-order chi connectivity index (χ1) is 13.2.